The molecule has 28 heavy (non-hydrogen) atoms. The standard InChI is InChI=1S/C23H20N4O/c28-23-20-15-27(14-18-7-3-6-16-5-1-2-9-19(16)18)12-10-21(20)25-22(26-23)17-8-4-11-24-13-17/h1-9,11,13H,10,12,14-15H2,(H,25,26,28). The highest BCUT2D eigenvalue weighted by Crippen LogP contribution is 2.23. The first-order valence-corrected chi connectivity index (χ1v) is 9.49. The number of fused-ring (bicyclic) bond motifs is 2. The van der Waals surface area contributed by atoms with Crippen molar-refractivity contribution in [3.8, 4) is 11.4 Å². The first kappa shape index (κ1) is 16.8. The summed E-state index contributed by atoms with van der Waals surface area (Å²) in [4.78, 5) is 26.8. The molecule has 0 bridgehead atoms. The quantitative estimate of drug-likeness (QED) is 0.601. The molecule has 0 saturated heterocycles. The number of aromatic amines is 1. The van der Waals surface area contributed by atoms with E-state index in [0.29, 0.717) is 12.4 Å². The number of nitrogens with zero attached hydrogens (tertiary/aromatic N) is 3. The lowest BCUT2D eigenvalue weighted by atomic mass is 10.0. The summed E-state index contributed by atoms with van der Waals surface area (Å²) in [5, 5.41) is 2.52. The minimum atomic E-state index is -0.0496. The molecule has 0 fully saturated rings. The first-order chi connectivity index (χ1) is 13.8. The van der Waals surface area contributed by atoms with Gasteiger partial charge in [-0.05, 0) is 28.5 Å². The summed E-state index contributed by atoms with van der Waals surface area (Å²) in [6, 6.07) is 18.6. The Morgan fingerprint density at radius 3 is 2.82 bits per heavy atom. The molecule has 5 heteroatoms. The van der Waals surface area contributed by atoms with E-state index in [1.54, 1.807) is 12.4 Å². The number of hydrogen-bond donors (Lipinski definition) is 1. The summed E-state index contributed by atoms with van der Waals surface area (Å²) in [5.41, 5.74) is 3.75. The number of pyridine rings is 1. The van der Waals surface area contributed by atoms with Crippen LogP contribution in [0.3, 0.4) is 0 Å². The molecule has 0 atom stereocenters. The van der Waals surface area contributed by atoms with Gasteiger partial charge in [0.2, 0.25) is 0 Å². The van der Waals surface area contributed by atoms with Gasteiger partial charge >= 0.3 is 0 Å². The molecule has 5 rings (SSSR count). The zero-order valence-electron chi connectivity index (χ0n) is 15.4. The van der Waals surface area contributed by atoms with Crippen LogP contribution < -0.4 is 5.56 Å². The largest absolute Gasteiger partial charge is 0.306 e. The molecule has 4 aromatic rings. The van der Waals surface area contributed by atoms with Crippen molar-refractivity contribution in [1.82, 2.24) is 19.9 Å². The lowest BCUT2D eigenvalue weighted by Gasteiger charge is -2.28. The third kappa shape index (κ3) is 3.10. The van der Waals surface area contributed by atoms with Crippen LogP contribution in [-0.4, -0.2) is 26.4 Å². The average molecular weight is 368 g/mol. The maximum Gasteiger partial charge on any atom is 0.255 e. The van der Waals surface area contributed by atoms with Crippen LogP contribution in [0.15, 0.2) is 71.8 Å². The number of H-pyrrole nitrogens is 1. The second-order valence-electron chi connectivity index (χ2n) is 7.18. The fourth-order valence-electron chi connectivity index (χ4n) is 3.93. The fraction of sp³-hybridized carbons (Fsp3) is 0.174. The van der Waals surface area contributed by atoms with Crippen LogP contribution in [0.4, 0.5) is 0 Å². The van der Waals surface area contributed by atoms with Crippen molar-refractivity contribution in [2.75, 3.05) is 6.54 Å². The van der Waals surface area contributed by atoms with Crippen molar-refractivity contribution < 1.29 is 0 Å². The van der Waals surface area contributed by atoms with E-state index in [9.17, 15) is 4.79 Å². The minimum Gasteiger partial charge on any atom is -0.306 e. The van der Waals surface area contributed by atoms with Crippen molar-refractivity contribution in [1.29, 1.82) is 0 Å². The number of rotatable bonds is 3. The van der Waals surface area contributed by atoms with Crippen molar-refractivity contribution >= 4 is 10.8 Å². The van der Waals surface area contributed by atoms with E-state index in [-0.39, 0.29) is 5.56 Å². The van der Waals surface area contributed by atoms with Crippen LogP contribution in [0.25, 0.3) is 22.2 Å². The number of benzene rings is 2. The second kappa shape index (κ2) is 7.02. The number of aromatic nitrogens is 3. The maximum absolute atomic E-state index is 12.7. The van der Waals surface area contributed by atoms with Crippen LogP contribution in [-0.2, 0) is 19.5 Å². The lowest BCUT2D eigenvalue weighted by Crippen LogP contribution is -2.35. The van der Waals surface area contributed by atoms with Crippen LogP contribution in [0.2, 0.25) is 0 Å². The van der Waals surface area contributed by atoms with E-state index < -0.39 is 0 Å². The van der Waals surface area contributed by atoms with E-state index in [1.165, 1.54) is 16.3 Å². The molecule has 0 amide bonds. The van der Waals surface area contributed by atoms with Crippen molar-refractivity contribution in [2.24, 2.45) is 0 Å². The third-order valence-electron chi connectivity index (χ3n) is 5.36. The van der Waals surface area contributed by atoms with E-state index in [4.69, 9.17) is 4.98 Å². The summed E-state index contributed by atoms with van der Waals surface area (Å²) in [5.74, 6) is 0.597. The Hall–Kier alpha value is -3.31. The predicted octanol–water partition coefficient (Wildman–Crippen LogP) is 3.54. The number of nitrogens with one attached hydrogen (secondary N) is 1. The summed E-state index contributed by atoms with van der Waals surface area (Å²) >= 11 is 0. The molecule has 0 radical (unpaired) electrons. The van der Waals surface area contributed by atoms with Crippen LogP contribution >= 0.6 is 0 Å². The van der Waals surface area contributed by atoms with E-state index >= 15 is 0 Å². The SMILES string of the molecule is O=c1[nH]c(-c2cccnc2)nc2c1CN(Cc1cccc3ccccc13)CC2. The van der Waals surface area contributed by atoms with Crippen LogP contribution in [0, 0.1) is 0 Å². The highest BCUT2D eigenvalue weighted by atomic mass is 16.1. The summed E-state index contributed by atoms with van der Waals surface area (Å²) in [7, 11) is 0. The van der Waals surface area contributed by atoms with Gasteiger partial charge in [0.15, 0.2) is 0 Å². The van der Waals surface area contributed by atoms with Gasteiger partial charge in [0.1, 0.15) is 5.82 Å². The van der Waals surface area contributed by atoms with Gasteiger partial charge in [-0.1, -0.05) is 42.5 Å². The van der Waals surface area contributed by atoms with Crippen LogP contribution in [0.5, 0.6) is 0 Å². The summed E-state index contributed by atoms with van der Waals surface area (Å²) in [6.07, 6.45) is 4.21. The first-order valence-electron chi connectivity index (χ1n) is 9.49. The van der Waals surface area contributed by atoms with E-state index in [0.717, 1.165) is 36.3 Å². The maximum atomic E-state index is 12.7. The van der Waals surface area contributed by atoms with Crippen molar-refractivity contribution in [3.63, 3.8) is 0 Å². The fourth-order valence-corrected chi connectivity index (χ4v) is 3.93. The molecule has 2 aromatic carbocycles. The molecule has 0 spiro atoms. The zero-order chi connectivity index (χ0) is 18.9. The van der Waals surface area contributed by atoms with Gasteiger partial charge < -0.3 is 4.98 Å². The van der Waals surface area contributed by atoms with Gasteiger partial charge in [0.25, 0.3) is 5.56 Å². The summed E-state index contributed by atoms with van der Waals surface area (Å²) in [6.45, 7) is 2.33. The Balaban J connectivity index is 1.43. The molecule has 3 heterocycles. The molecule has 0 saturated carbocycles. The van der Waals surface area contributed by atoms with E-state index in [2.05, 4.69) is 57.3 Å². The molecule has 1 aliphatic heterocycles. The van der Waals surface area contributed by atoms with Gasteiger partial charge in [-0.3, -0.25) is 14.7 Å². The highest BCUT2D eigenvalue weighted by molar-refractivity contribution is 5.85. The Morgan fingerprint density at radius 1 is 1.04 bits per heavy atom. The molecular formula is C23H20N4O. The molecule has 2 aromatic heterocycles. The Bertz CT molecular complexity index is 1190. The van der Waals surface area contributed by atoms with Crippen LogP contribution in [0.1, 0.15) is 16.8 Å². The lowest BCUT2D eigenvalue weighted by molar-refractivity contribution is 0.242. The molecule has 138 valence electrons. The molecule has 1 N–H and O–H groups in total. The normalized spacial score (nSPS) is 14.1. The van der Waals surface area contributed by atoms with E-state index in [1.807, 2.05) is 12.1 Å². The monoisotopic (exact) mass is 368 g/mol. The topological polar surface area (TPSA) is 61.9 Å². The Kier molecular flexibility index (Phi) is 4.22. The molecule has 1 aliphatic rings. The zero-order valence-corrected chi connectivity index (χ0v) is 15.4. The Morgan fingerprint density at radius 2 is 1.93 bits per heavy atom. The second-order valence-corrected chi connectivity index (χ2v) is 7.18. The minimum absolute atomic E-state index is 0.0496. The highest BCUT2D eigenvalue weighted by Gasteiger charge is 2.22. The van der Waals surface area contributed by atoms with Gasteiger partial charge in [-0.25, -0.2) is 4.98 Å². The average Bonchev–Trinajstić information content (AvgIpc) is 2.75. The van der Waals surface area contributed by atoms with Gasteiger partial charge in [0.05, 0.1) is 11.3 Å². The summed E-state index contributed by atoms with van der Waals surface area (Å²) < 4.78 is 0. The number of hydrogen-bond acceptors (Lipinski definition) is 4. The van der Waals surface area contributed by atoms with Crippen molar-refractivity contribution in [3.05, 3.63) is 94.2 Å². The molecular weight excluding hydrogens is 348 g/mol. The van der Waals surface area contributed by atoms with Gasteiger partial charge in [0, 0.05) is 44.0 Å². The Labute approximate surface area is 162 Å². The van der Waals surface area contributed by atoms with Gasteiger partial charge in [-0.15, -0.1) is 0 Å². The molecule has 0 unspecified atom stereocenters. The molecule has 0 aliphatic carbocycles. The van der Waals surface area contributed by atoms with Crippen molar-refractivity contribution in [2.45, 2.75) is 19.5 Å². The predicted molar refractivity (Wildman–Crippen MR) is 110 cm³/mol. The van der Waals surface area contributed by atoms with Gasteiger partial charge in [-0.2, -0.15) is 0 Å². The third-order valence-corrected chi connectivity index (χ3v) is 5.36. The smallest absolute Gasteiger partial charge is 0.255 e. The molecule has 5 nitrogen and oxygen atoms in total.